The van der Waals surface area contributed by atoms with Gasteiger partial charge >= 0.3 is 0 Å². The van der Waals surface area contributed by atoms with Gasteiger partial charge in [0.1, 0.15) is 5.76 Å². The lowest BCUT2D eigenvalue weighted by Crippen LogP contribution is -2.51. The molecule has 3 nitrogen and oxygen atoms in total. The lowest BCUT2D eigenvalue weighted by atomic mass is 9.86. The third kappa shape index (κ3) is 2.96. The first-order chi connectivity index (χ1) is 9.93. The molecule has 0 saturated carbocycles. The van der Waals surface area contributed by atoms with E-state index in [4.69, 9.17) is 16.0 Å². The van der Waals surface area contributed by atoms with Gasteiger partial charge in [-0.15, -0.1) is 0 Å². The molecule has 1 aromatic carbocycles. The van der Waals surface area contributed by atoms with Crippen LogP contribution in [0.4, 0.5) is 0 Å². The van der Waals surface area contributed by atoms with Crippen LogP contribution >= 0.6 is 11.6 Å². The number of benzene rings is 1. The lowest BCUT2D eigenvalue weighted by molar-refractivity contribution is 0.103. The fraction of sp³-hybridized carbons (Fsp3) is 0.529. The molecule has 0 bridgehead atoms. The molecule has 116 valence electrons. The molecule has 21 heavy (non-hydrogen) atoms. The van der Waals surface area contributed by atoms with Gasteiger partial charge in [-0.3, -0.25) is 0 Å². The summed E-state index contributed by atoms with van der Waals surface area (Å²) in [6.07, 6.45) is 1.02. The first kappa shape index (κ1) is 16.3. The second kappa shape index (κ2) is 6.39. The molecule has 0 spiro atoms. The summed E-state index contributed by atoms with van der Waals surface area (Å²) in [7, 11) is 4.23. The Morgan fingerprint density at radius 3 is 2.57 bits per heavy atom. The molecule has 1 aromatic heterocycles. The zero-order chi connectivity index (χ0) is 15.6. The molecule has 0 fully saturated rings. The van der Waals surface area contributed by atoms with Crippen molar-refractivity contribution in [1.82, 2.24) is 10.2 Å². The Morgan fingerprint density at radius 2 is 2.05 bits per heavy atom. The van der Waals surface area contributed by atoms with E-state index in [-0.39, 0.29) is 11.6 Å². The largest absolute Gasteiger partial charge is 0.458 e. The van der Waals surface area contributed by atoms with E-state index in [1.54, 1.807) is 0 Å². The van der Waals surface area contributed by atoms with Crippen LogP contribution in [0.3, 0.4) is 0 Å². The number of fused-ring (bicyclic) bond motifs is 1. The number of rotatable bonds is 6. The highest BCUT2D eigenvalue weighted by Crippen LogP contribution is 2.37. The summed E-state index contributed by atoms with van der Waals surface area (Å²) in [5.41, 5.74) is 0.741. The summed E-state index contributed by atoms with van der Waals surface area (Å²) in [5.74, 6) is 0.943. The quantitative estimate of drug-likeness (QED) is 0.853. The summed E-state index contributed by atoms with van der Waals surface area (Å²) >= 11 is 6.24. The van der Waals surface area contributed by atoms with Crippen LogP contribution in [0.25, 0.3) is 11.0 Å². The Balaban J connectivity index is 2.52. The van der Waals surface area contributed by atoms with E-state index in [1.807, 2.05) is 18.2 Å². The molecule has 0 aliphatic rings. The Hall–Kier alpha value is -1.03. The minimum atomic E-state index is -0.0314. The molecule has 2 aromatic rings. The molecule has 0 aliphatic carbocycles. The Kier molecular flexibility index (Phi) is 4.97. The number of likely N-dealkylation sites (N-methyl/N-ethyl adjacent to an activating group) is 2. The van der Waals surface area contributed by atoms with Crippen molar-refractivity contribution < 1.29 is 4.42 Å². The Bertz CT molecular complexity index is 608. The van der Waals surface area contributed by atoms with Crippen LogP contribution in [0.15, 0.2) is 28.7 Å². The highest BCUT2D eigenvalue weighted by Gasteiger charge is 2.37. The van der Waals surface area contributed by atoms with Gasteiger partial charge in [-0.05, 0) is 46.1 Å². The monoisotopic (exact) mass is 308 g/mol. The second-order valence-electron chi connectivity index (χ2n) is 5.90. The smallest absolute Gasteiger partial charge is 0.152 e. The molecule has 1 heterocycles. The summed E-state index contributed by atoms with van der Waals surface area (Å²) in [6, 6.07) is 8.08. The SMILES string of the molecule is CCNC(c1cc2cccc(Cl)c2o1)C(C)(CC)N(C)C. The number of hydrogen-bond acceptors (Lipinski definition) is 3. The van der Waals surface area contributed by atoms with E-state index in [2.05, 4.69) is 51.1 Å². The second-order valence-corrected chi connectivity index (χ2v) is 6.31. The summed E-state index contributed by atoms with van der Waals surface area (Å²) < 4.78 is 6.09. The van der Waals surface area contributed by atoms with E-state index >= 15 is 0 Å². The van der Waals surface area contributed by atoms with E-state index in [0.717, 1.165) is 29.7 Å². The third-order valence-electron chi connectivity index (χ3n) is 4.57. The van der Waals surface area contributed by atoms with Crippen LogP contribution in [0.1, 0.15) is 39.0 Å². The molecule has 2 rings (SSSR count). The molecule has 0 saturated heterocycles. The highest BCUT2D eigenvalue weighted by atomic mass is 35.5. The van der Waals surface area contributed by atoms with Crippen molar-refractivity contribution in [2.24, 2.45) is 0 Å². The van der Waals surface area contributed by atoms with Crippen LogP contribution < -0.4 is 5.32 Å². The number of furan rings is 1. The van der Waals surface area contributed by atoms with Gasteiger partial charge in [-0.25, -0.2) is 0 Å². The minimum Gasteiger partial charge on any atom is -0.458 e. The van der Waals surface area contributed by atoms with Crippen molar-refractivity contribution in [2.75, 3.05) is 20.6 Å². The molecule has 1 N–H and O–H groups in total. The third-order valence-corrected chi connectivity index (χ3v) is 4.86. The predicted molar refractivity (Wildman–Crippen MR) is 90.0 cm³/mol. The molecule has 0 aliphatic heterocycles. The van der Waals surface area contributed by atoms with E-state index in [0.29, 0.717) is 5.02 Å². The first-order valence-corrected chi connectivity index (χ1v) is 7.90. The number of para-hydroxylation sites is 1. The van der Waals surface area contributed by atoms with Crippen molar-refractivity contribution in [3.8, 4) is 0 Å². The van der Waals surface area contributed by atoms with E-state index in [9.17, 15) is 0 Å². The summed E-state index contributed by atoms with van der Waals surface area (Å²) in [6.45, 7) is 7.47. The zero-order valence-electron chi connectivity index (χ0n) is 13.5. The maximum atomic E-state index is 6.24. The van der Waals surface area contributed by atoms with Crippen molar-refractivity contribution in [3.63, 3.8) is 0 Å². The highest BCUT2D eigenvalue weighted by molar-refractivity contribution is 6.34. The van der Waals surface area contributed by atoms with Crippen LogP contribution in [0, 0.1) is 0 Å². The molecular formula is C17H25ClN2O. The maximum absolute atomic E-state index is 6.24. The van der Waals surface area contributed by atoms with Gasteiger partial charge < -0.3 is 14.6 Å². The first-order valence-electron chi connectivity index (χ1n) is 7.52. The van der Waals surface area contributed by atoms with Gasteiger partial charge in [0, 0.05) is 10.9 Å². The Labute approximate surface area is 132 Å². The van der Waals surface area contributed by atoms with Gasteiger partial charge in [0.25, 0.3) is 0 Å². The average Bonchev–Trinajstić information content (AvgIpc) is 2.88. The topological polar surface area (TPSA) is 28.4 Å². The predicted octanol–water partition coefficient (Wildman–Crippen LogP) is 4.47. The standard InChI is InChI=1S/C17H25ClN2O/c1-6-17(3,20(4)5)16(19-7-2)14-11-12-9-8-10-13(18)15(12)21-14/h8-11,16,19H,6-7H2,1-5H3. The summed E-state index contributed by atoms with van der Waals surface area (Å²) in [4.78, 5) is 2.26. The lowest BCUT2D eigenvalue weighted by Gasteiger charge is -2.42. The molecular weight excluding hydrogens is 284 g/mol. The van der Waals surface area contributed by atoms with Gasteiger partial charge in [-0.2, -0.15) is 0 Å². The van der Waals surface area contributed by atoms with Crippen molar-refractivity contribution in [3.05, 3.63) is 35.0 Å². The van der Waals surface area contributed by atoms with Crippen LogP contribution in [-0.2, 0) is 0 Å². The van der Waals surface area contributed by atoms with Crippen LogP contribution in [0.2, 0.25) is 5.02 Å². The number of nitrogens with zero attached hydrogens (tertiary/aromatic N) is 1. The van der Waals surface area contributed by atoms with Gasteiger partial charge in [-0.1, -0.05) is 37.6 Å². The van der Waals surface area contributed by atoms with E-state index in [1.165, 1.54) is 0 Å². The molecule has 0 radical (unpaired) electrons. The summed E-state index contributed by atoms with van der Waals surface area (Å²) in [5, 5.41) is 5.29. The molecule has 2 atom stereocenters. The van der Waals surface area contributed by atoms with E-state index < -0.39 is 0 Å². The zero-order valence-corrected chi connectivity index (χ0v) is 14.3. The number of hydrogen-bond donors (Lipinski definition) is 1. The number of nitrogens with one attached hydrogen (secondary N) is 1. The van der Waals surface area contributed by atoms with Crippen LogP contribution in [0.5, 0.6) is 0 Å². The normalized spacial score (nSPS) is 16.3. The molecule has 2 unspecified atom stereocenters. The Morgan fingerprint density at radius 1 is 1.33 bits per heavy atom. The van der Waals surface area contributed by atoms with Gasteiger partial charge in [0.2, 0.25) is 0 Å². The maximum Gasteiger partial charge on any atom is 0.152 e. The minimum absolute atomic E-state index is 0.0314. The van der Waals surface area contributed by atoms with Crippen LogP contribution in [-0.4, -0.2) is 31.1 Å². The average molecular weight is 309 g/mol. The number of halogens is 1. The molecule has 0 amide bonds. The van der Waals surface area contributed by atoms with Gasteiger partial charge in [0.15, 0.2) is 5.58 Å². The fourth-order valence-electron chi connectivity index (χ4n) is 2.80. The van der Waals surface area contributed by atoms with Crippen molar-refractivity contribution in [2.45, 2.75) is 38.8 Å². The van der Waals surface area contributed by atoms with Crippen molar-refractivity contribution >= 4 is 22.6 Å². The fourth-order valence-corrected chi connectivity index (χ4v) is 3.02. The van der Waals surface area contributed by atoms with Crippen molar-refractivity contribution in [1.29, 1.82) is 0 Å². The molecule has 4 heteroatoms. The van der Waals surface area contributed by atoms with Gasteiger partial charge in [0.05, 0.1) is 11.1 Å².